The molecule has 2 amide bonds. The fraction of sp³-hybridized carbons (Fsp3) is 0.160. The molecule has 8 nitrogen and oxygen atoms in total. The normalized spacial score (nSPS) is 15.5. The van der Waals surface area contributed by atoms with Gasteiger partial charge in [-0.1, -0.05) is 11.2 Å². The van der Waals surface area contributed by atoms with Gasteiger partial charge in [0.25, 0.3) is 5.89 Å². The summed E-state index contributed by atoms with van der Waals surface area (Å²) in [6.07, 6.45) is 3.58. The molecule has 1 atom stereocenters. The number of halogens is 1. The summed E-state index contributed by atoms with van der Waals surface area (Å²) in [7, 11) is 0. The minimum atomic E-state index is -0.418. The Bertz CT molecular complexity index is 1310. The summed E-state index contributed by atoms with van der Waals surface area (Å²) in [4.78, 5) is 35.2. The van der Waals surface area contributed by atoms with Gasteiger partial charge in [-0.2, -0.15) is 4.98 Å². The van der Waals surface area contributed by atoms with E-state index in [0.717, 1.165) is 5.56 Å². The monoisotopic (exact) mass is 457 g/mol. The Morgan fingerprint density at radius 2 is 1.85 bits per heavy atom. The van der Waals surface area contributed by atoms with Crippen molar-refractivity contribution in [2.75, 3.05) is 11.9 Å². The van der Waals surface area contributed by atoms with E-state index in [9.17, 15) is 14.0 Å². The molecule has 4 aromatic rings. The third-order valence-corrected chi connectivity index (χ3v) is 5.61. The molecular weight excluding hydrogens is 437 g/mol. The SMILES string of the molecule is O=C(Nc1ccc(-c2nc(-c3ccc(F)cc3)no2)cc1)C1CC(=O)N(Cc2cccnc2)C1. The molecule has 1 saturated heterocycles. The number of carbonyl (C=O) groups is 2. The number of benzene rings is 2. The van der Waals surface area contributed by atoms with Crippen LogP contribution in [0.15, 0.2) is 77.6 Å². The molecule has 0 spiro atoms. The third-order valence-electron chi connectivity index (χ3n) is 5.61. The molecule has 1 fully saturated rings. The van der Waals surface area contributed by atoms with Gasteiger partial charge in [-0.05, 0) is 60.2 Å². The van der Waals surface area contributed by atoms with Gasteiger partial charge in [-0.25, -0.2) is 4.39 Å². The van der Waals surface area contributed by atoms with Gasteiger partial charge in [-0.3, -0.25) is 14.6 Å². The minimum Gasteiger partial charge on any atom is -0.337 e. The van der Waals surface area contributed by atoms with Crippen LogP contribution in [0.1, 0.15) is 12.0 Å². The van der Waals surface area contributed by atoms with E-state index in [1.165, 1.54) is 12.1 Å². The second-order valence-electron chi connectivity index (χ2n) is 8.03. The molecule has 1 aliphatic rings. The van der Waals surface area contributed by atoms with Crippen LogP contribution in [-0.2, 0) is 16.1 Å². The molecule has 34 heavy (non-hydrogen) atoms. The highest BCUT2D eigenvalue weighted by Crippen LogP contribution is 2.25. The van der Waals surface area contributed by atoms with Crippen molar-refractivity contribution < 1.29 is 18.5 Å². The average Bonchev–Trinajstić information content (AvgIpc) is 3.48. The summed E-state index contributed by atoms with van der Waals surface area (Å²) in [6.45, 7) is 0.807. The molecule has 0 aliphatic carbocycles. The number of nitrogens with zero attached hydrogens (tertiary/aromatic N) is 4. The molecule has 2 aromatic carbocycles. The van der Waals surface area contributed by atoms with Crippen molar-refractivity contribution in [1.82, 2.24) is 20.0 Å². The maximum absolute atomic E-state index is 13.1. The molecule has 0 saturated carbocycles. The van der Waals surface area contributed by atoms with Crippen molar-refractivity contribution in [3.8, 4) is 22.8 Å². The van der Waals surface area contributed by atoms with Crippen LogP contribution < -0.4 is 5.32 Å². The molecule has 0 radical (unpaired) electrons. The lowest BCUT2D eigenvalue weighted by Crippen LogP contribution is -2.28. The largest absolute Gasteiger partial charge is 0.337 e. The van der Waals surface area contributed by atoms with Crippen LogP contribution in [-0.4, -0.2) is 38.4 Å². The zero-order chi connectivity index (χ0) is 23.5. The number of aromatic nitrogens is 3. The summed E-state index contributed by atoms with van der Waals surface area (Å²) in [5.74, 6) is -0.344. The lowest BCUT2D eigenvalue weighted by molar-refractivity contribution is -0.128. The fourth-order valence-electron chi connectivity index (χ4n) is 3.81. The Morgan fingerprint density at radius 3 is 2.59 bits per heavy atom. The maximum Gasteiger partial charge on any atom is 0.258 e. The lowest BCUT2D eigenvalue weighted by Gasteiger charge is -2.16. The van der Waals surface area contributed by atoms with Gasteiger partial charge in [0.15, 0.2) is 0 Å². The highest BCUT2D eigenvalue weighted by molar-refractivity contribution is 5.97. The Balaban J connectivity index is 1.20. The molecule has 1 N–H and O–H groups in total. The van der Waals surface area contributed by atoms with E-state index in [0.29, 0.717) is 41.6 Å². The molecule has 170 valence electrons. The Kier molecular flexibility index (Phi) is 5.82. The van der Waals surface area contributed by atoms with Crippen molar-refractivity contribution in [2.24, 2.45) is 5.92 Å². The summed E-state index contributed by atoms with van der Waals surface area (Å²) >= 11 is 0. The van der Waals surface area contributed by atoms with Crippen LogP contribution in [0.25, 0.3) is 22.8 Å². The van der Waals surface area contributed by atoms with Gasteiger partial charge in [0.1, 0.15) is 5.82 Å². The van der Waals surface area contributed by atoms with Crippen LogP contribution in [0, 0.1) is 11.7 Å². The van der Waals surface area contributed by atoms with Crippen LogP contribution in [0.5, 0.6) is 0 Å². The molecule has 1 unspecified atom stereocenters. The lowest BCUT2D eigenvalue weighted by atomic mass is 10.1. The van der Waals surface area contributed by atoms with Crippen molar-refractivity contribution in [1.29, 1.82) is 0 Å². The predicted octanol–water partition coefficient (Wildman–Crippen LogP) is 3.92. The first-order valence-electron chi connectivity index (χ1n) is 10.7. The van der Waals surface area contributed by atoms with Gasteiger partial charge >= 0.3 is 0 Å². The smallest absolute Gasteiger partial charge is 0.258 e. The van der Waals surface area contributed by atoms with E-state index in [2.05, 4.69) is 20.4 Å². The quantitative estimate of drug-likeness (QED) is 0.471. The third kappa shape index (κ3) is 4.68. The summed E-state index contributed by atoms with van der Waals surface area (Å²) in [5.41, 5.74) is 2.85. The number of carbonyl (C=O) groups excluding carboxylic acids is 2. The van der Waals surface area contributed by atoms with Gasteiger partial charge in [-0.15, -0.1) is 0 Å². The van der Waals surface area contributed by atoms with Crippen LogP contribution >= 0.6 is 0 Å². The van der Waals surface area contributed by atoms with Crippen molar-refractivity contribution in [3.63, 3.8) is 0 Å². The van der Waals surface area contributed by atoms with E-state index < -0.39 is 5.92 Å². The summed E-state index contributed by atoms with van der Waals surface area (Å²) < 4.78 is 18.4. The zero-order valence-electron chi connectivity index (χ0n) is 18.0. The Hall–Kier alpha value is -4.40. The number of amides is 2. The van der Waals surface area contributed by atoms with Gasteiger partial charge in [0.2, 0.25) is 17.6 Å². The second-order valence-corrected chi connectivity index (χ2v) is 8.03. The molecule has 9 heteroatoms. The molecule has 1 aliphatic heterocycles. The van der Waals surface area contributed by atoms with Crippen LogP contribution in [0.2, 0.25) is 0 Å². The van der Waals surface area contributed by atoms with Gasteiger partial charge in [0, 0.05) is 48.7 Å². The van der Waals surface area contributed by atoms with Crippen molar-refractivity contribution in [3.05, 3.63) is 84.4 Å². The van der Waals surface area contributed by atoms with E-state index >= 15 is 0 Å². The number of rotatable bonds is 6. The summed E-state index contributed by atoms with van der Waals surface area (Å²) in [5, 5.41) is 6.81. The molecule has 5 rings (SSSR count). The first-order valence-corrected chi connectivity index (χ1v) is 10.7. The van der Waals surface area contributed by atoms with Gasteiger partial charge < -0.3 is 14.7 Å². The number of likely N-dealkylation sites (tertiary alicyclic amines) is 1. The topological polar surface area (TPSA) is 101 Å². The van der Waals surface area contributed by atoms with E-state index in [1.54, 1.807) is 53.7 Å². The second kappa shape index (κ2) is 9.22. The molecule has 0 bridgehead atoms. The number of pyridine rings is 1. The van der Waals surface area contributed by atoms with E-state index in [1.807, 2.05) is 12.1 Å². The zero-order valence-corrected chi connectivity index (χ0v) is 18.0. The van der Waals surface area contributed by atoms with Crippen LogP contribution in [0.3, 0.4) is 0 Å². The maximum atomic E-state index is 13.1. The molecule has 3 heterocycles. The van der Waals surface area contributed by atoms with Gasteiger partial charge in [0.05, 0.1) is 5.92 Å². The number of anilines is 1. The van der Waals surface area contributed by atoms with Crippen LogP contribution in [0.4, 0.5) is 10.1 Å². The minimum absolute atomic E-state index is 0.0484. The van der Waals surface area contributed by atoms with Crippen molar-refractivity contribution >= 4 is 17.5 Å². The number of nitrogens with one attached hydrogen (secondary N) is 1. The fourth-order valence-corrected chi connectivity index (χ4v) is 3.81. The first kappa shape index (κ1) is 21.4. The highest BCUT2D eigenvalue weighted by atomic mass is 19.1. The first-order chi connectivity index (χ1) is 16.5. The molecular formula is C25H20FN5O3. The number of hydrogen-bond donors (Lipinski definition) is 1. The Labute approximate surface area is 194 Å². The highest BCUT2D eigenvalue weighted by Gasteiger charge is 2.34. The predicted molar refractivity (Wildman–Crippen MR) is 122 cm³/mol. The number of hydrogen-bond acceptors (Lipinski definition) is 6. The van der Waals surface area contributed by atoms with E-state index in [-0.39, 0.29) is 24.1 Å². The average molecular weight is 457 g/mol. The Morgan fingerprint density at radius 1 is 1.09 bits per heavy atom. The summed E-state index contributed by atoms with van der Waals surface area (Å²) in [6, 6.07) is 16.5. The standard InChI is InChI=1S/C25H20FN5O3/c26-20-7-3-17(4-8-20)23-29-25(34-30-23)18-5-9-21(10-6-18)28-24(33)19-12-22(32)31(15-19)14-16-2-1-11-27-13-16/h1-11,13,19H,12,14-15H2,(H,28,33). The van der Waals surface area contributed by atoms with E-state index in [4.69, 9.17) is 4.52 Å². The molecule has 2 aromatic heterocycles. The van der Waals surface area contributed by atoms with Crippen molar-refractivity contribution in [2.45, 2.75) is 13.0 Å².